The van der Waals surface area contributed by atoms with Crippen LogP contribution in [-0.2, 0) is 9.53 Å². The Hall–Kier alpha value is -2.57. The van der Waals surface area contributed by atoms with Crippen LogP contribution in [0.3, 0.4) is 0 Å². The molecule has 23 heavy (non-hydrogen) atoms. The lowest BCUT2D eigenvalue weighted by Gasteiger charge is -2.26. The fraction of sp³-hybridized carbons (Fsp3) is 0.235. The largest absolute Gasteiger partial charge is 0.494 e. The highest BCUT2D eigenvalue weighted by atomic mass is 16.5. The van der Waals surface area contributed by atoms with Gasteiger partial charge in [0.1, 0.15) is 5.75 Å². The Morgan fingerprint density at radius 2 is 1.83 bits per heavy atom. The van der Waals surface area contributed by atoms with Gasteiger partial charge in [0.05, 0.1) is 18.0 Å². The highest BCUT2D eigenvalue weighted by Crippen LogP contribution is 2.21. The Morgan fingerprint density at radius 3 is 2.39 bits per heavy atom. The molecule has 6 nitrogen and oxygen atoms in total. The summed E-state index contributed by atoms with van der Waals surface area (Å²) in [6.07, 6.45) is -1.06. The summed E-state index contributed by atoms with van der Waals surface area (Å²) in [6.45, 7) is 2.50. The van der Waals surface area contributed by atoms with Crippen LogP contribution in [-0.4, -0.2) is 25.9 Å². The summed E-state index contributed by atoms with van der Waals surface area (Å²) in [5.41, 5.74) is 10.1. The third-order valence-corrected chi connectivity index (χ3v) is 3.14. The van der Waals surface area contributed by atoms with E-state index in [1.54, 1.807) is 24.3 Å². The van der Waals surface area contributed by atoms with Crippen LogP contribution in [0.1, 0.15) is 6.92 Å². The second-order valence-electron chi connectivity index (χ2n) is 4.73. The number of carbonyl (C=O) groups excluding carboxylic acids is 1. The van der Waals surface area contributed by atoms with Crippen molar-refractivity contribution in [2.45, 2.75) is 13.2 Å². The van der Waals surface area contributed by atoms with Gasteiger partial charge in [-0.1, -0.05) is 18.2 Å². The van der Waals surface area contributed by atoms with Gasteiger partial charge in [0.15, 0.2) is 6.23 Å². The maximum Gasteiger partial charge on any atom is 0.289 e. The minimum absolute atomic E-state index is 0.402. The number of hydrogen-bond donors (Lipinski definition) is 2. The number of para-hydroxylation sites is 1. The molecule has 2 rings (SSSR count). The van der Waals surface area contributed by atoms with Crippen LogP contribution in [0.4, 0.5) is 11.4 Å². The molecule has 0 radical (unpaired) electrons. The zero-order chi connectivity index (χ0) is 16.7. The van der Waals surface area contributed by atoms with Crippen molar-refractivity contribution in [2.75, 3.05) is 24.2 Å². The van der Waals surface area contributed by atoms with Crippen LogP contribution >= 0.6 is 0 Å². The van der Waals surface area contributed by atoms with Crippen LogP contribution in [0.25, 0.3) is 0 Å². The summed E-state index contributed by atoms with van der Waals surface area (Å²) in [4.78, 5) is 12.5. The third kappa shape index (κ3) is 4.45. The molecule has 0 bridgehead atoms. The summed E-state index contributed by atoms with van der Waals surface area (Å²) in [5, 5.41) is 1.36. The maximum absolute atomic E-state index is 12.5. The average Bonchev–Trinajstić information content (AvgIpc) is 2.60. The molecule has 0 aliphatic rings. The normalized spacial score (nSPS) is 11.6. The Labute approximate surface area is 135 Å². The van der Waals surface area contributed by atoms with Crippen LogP contribution < -0.4 is 20.9 Å². The molecule has 0 aromatic heterocycles. The first-order valence-corrected chi connectivity index (χ1v) is 7.32. The summed E-state index contributed by atoms with van der Waals surface area (Å²) in [7, 11) is 1.39. The Bertz CT molecular complexity index is 617. The van der Waals surface area contributed by atoms with Gasteiger partial charge < -0.3 is 9.47 Å². The highest BCUT2D eigenvalue weighted by Gasteiger charge is 2.22. The van der Waals surface area contributed by atoms with Crippen LogP contribution in [0.2, 0.25) is 0 Å². The molecule has 122 valence electrons. The topological polar surface area (TPSA) is 76.8 Å². The van der Waals surface area contributed by atoms with Crippen LogP contribution in [0, 0.1) is 0 Å². The van der Waals surface area contributed by atoms with Crippen molar-refractivity contribution in [1.29, 1.82) is 0 Å². The first-order chi connectivity index (χ1) is 11.2. The van der Waals surface area contributed by atoms with Crippen molar-refractivity contribution in [2.24, 2.45) is 5.73 Å². The number of rotatable bonds is 7. The number of benzene rings is 2. The minimum atomic E-state index is -1.06. The number of amides is 1. The number of nitrogens with zero attached hydrogens (tertiary/aromatic N) is 1. The van der Waals surface area contributed by atoms with Crippen LogP contribution in [0.15, 0.2) is 54.6 Å². The molecule has 0 fully saturated rings. The monoisotopic (exact) mass is 315 g/mol. The molecule has 2 aromatic carbocycles. The number of anilines is 2. The van der Waals surface area contributed by atoms with Gasteiger partial charge in [-0.25, -0.2) is 5.01 Å². The van der Waals surface area contributed by atoms with Crippen molar-refractivity contribution in [3.63, 3.8) is 0 Å². The smallest absolute Gasteiger partial charge is 0.289 e. The van der Waals surface area contributed by atoms with Crippen LogP contribution in [0.5, 0.6) is 5.75 Å². The quantitative estimate of drug-likeness (QED) is 0.606. The Morgan fingerprint density at radius 1 is 1.17 bits per heavy atom. The second kappa shape index (κ2) is 8.17. The van der Waals surface area contributed by atoms with Gasteiger partial charge in [0.25, 0.3) is 5.91 Å². The van der Waals surface area contributed by atoms with Gasteiger partial charge in [0, 0.05) is 7.11 Å². The molecule has 0 aliphatic carbocycles. The maximum atomic E-state index is 12.5. The Kier molecular flexibility index (Phi) is 5.96. The average molecular weight is 315 g/mol. The molecular weight excluding hydrogens is 294 g/mol. The number of methoxy groups -OCH3 is 1. The van der Waals surface area contributed by atoms with Crippen molar-refractivity contribution in [3.8, 4) is 5.75 Å². The highest BCUT2D eigenvalue weighted by molar-refractivity contribution is 5.97. The second-order valence-corrected chi connectivity index (χ2v) is 4.73. The SMILES string of the molecule is CCOc1ccc(N(Nc2ccccc2)C(=O)C(N)OC)cc1. The van der Waals surface area contributed by atoms with E-state index in [9.17, 15) is 4.79 Å². The Balaban J connectivity index is 2.26. The fourth-order valence-electron chi connectivity index (χ4n) is 1.97. The third-order valence-electron chi connectivity index (χ3n) is 3.14. The molecule has 0 saturated heterocycles. The first kappa shape index (κ1) is 16.8. The fourth-order valence-corrected chi connectivity index (χ4v) is 1.97. The van der Waals surface area contributed by atoms with Gasteiger partial charge in [-0.3, -0.25) is 16.0 Å². The number of nitrogens with two attached hydrogens (primary N) is 1. The van der Waals surface area contributed by atoms with Gasteiger partial charge >= 0.3 is 0 Å². The summed E-state index contributed by atoms with van der Waals surface area (Å²) in [6, 6.07) is 16.5. The van der Waals surface area contributed by atoms with E-state index < -0.39 is 12.1 Å². The molecular formula is C17H21N3O3. The van der Waals surface area contributed by atoms with E-state index in [0.717, 1.165) is 11.4 Å². The minimum Gasteiger partial charge on any atom is -0.494 e. The van der Waals surface area contributed by atoms with Crippen molar-refractivity contribution < 1.29 is 14.3 Å². The zero-order valence-corrected chi connectivity index (χ0v) is 13.2. The standard InChI is InChI=1S/C17H21N3O3/c1-3-23-15-11-9-14(10-12-15)20(17(21)16(18)22-2)19-13-7-5-4-6-8-13/h4-12,16,19H,3,18H2,1-2H3. The molecule has 6 heteroatoms. The van der Waals surface area contributed by atoms with Crippen molar-refractivity contribution in [1.82, 2.24) is 0 Å². The van der Waals surface area contributed by atoms with Crippen molar-refractivity contribution >= 4 is 17.3 Å². The van der Waals surface area contributed by atoms with Gasteiger partial charge in [-0.15, -0.1) is 0 Å². The molecule has 0 saturated carbocycles. The predicted molar refractivity (Wildman–Crippen MR) is 90.1 cm³/mol. The van der Waals surface area contributed by atoms with E-state index in [4.69, 9.17) is 15.2 Å². The molecule has 0 aliphatic heterocycles. The number of ether oxygens (including phenoxy) is 2. The van der Waals surface area contributed by atoms with E-state index in [1.807, 2.05) is 37.3 Å². The molecule has 0 spiro atoms. The van der Waals surface area contributed by atoms with Crippen molar-refractivity contribution in [3.05, 3.63) is 54.6 Å². The lowest BCUT2D eigenvalue weighted by molar-refractivity contribution is -0.127. The first-order valence-electron chi connectivity index (χ1n) is 7.32. The molecule has 1 atom stereocenters. The van der Waals surface area contributed by atoms with E-state index >= 15 is 0 Å². The summed E-state index contributed by atoms with van der Waals surface area (Å²) < 4.78 is 10.4. The van der Waals surface area contributed by atoms with E-state index in [0.29, 0.717) is 12.3 Å². The lowest BCUT2D eigenvalue weighted by atomic mass is 10.2. The summed E-state index contributed by atoms with van der Waals surface area (Å²) >= 11 is 0. The number of hydrazine groups is 1. The molecule has 0 heterocycles. The van der Waals surface area contributed by atoms with Gasteiger partial charge in [-0.2, -0.15) is 0 Å². The number of nitrogens with one attached hydrogen (secondary N) is 1. The lowest BCUT2D eigenvalue weighted by Crippen LogP contribution is -2.47. The van der Waals surface area contributed by atoms with Gasteiger partial charge in [0.2, 0.25) is 0 Å². The zero-order valence-electron chi connectivity index (χ0n) is 13.2. The van der Waals surface area contributed by atoms with E-state index in [1.165, 1.54) is 12.1 Å². The molecule has 3 N–H and O–H groups in total. The summed E-state index contributed by atoms with van der Waals surface area (Å²) in [5.74, 6) is 0.333. The number of hydrogen-bond acceptors (Lipinski definition) is 5. The van der Waals surface area contributed by atoms with Gasteiger partial charge in [-0.05, 0) is 43.3 Å². The van der Waals surface area contributed by atoms with E-state index in [-0.39, 0.29) is 0 Å². The molecule has 1 amide bonds. The van der Waals surface area contributed by atoms with E-state index in [2.05, 4.69) is 5.43 Å². The number of carbonyl (C=O) groups is 1. The molecule has 2 aromatic rings. The predicted octanol–water partition coefficient (Wildman–Crippen LogP) is 2.38. The molecule has 1 unspecified atom stereocenters.